The van der Waals surface area contributed by atoms with Gasteiger partial charge in [0.2, 0.25) is 0 Å². The van der Waals surface area contributed by atoms with E-state index in [4.69, 9.17) is 11.6 Å². The lowest BCUT2D eigenvalue weighted by molar-refractivity contribution is 0.0696. The molecule has 2 N–H and O–H groups in total. The molecule has 0 saturated carbocycles. The van der Waals surface area contributed by atoms with Gasteiger partial charge in [0.15, 0.2) is 0 Å². The maximum Gasteiger partial charge on any atom is 0.335 e. The Hall–Kier alpha value is -1.78. The van der Waals surface area contributed by atoms with Crippen molar-refractivity contribution in [2.24, 2.45) is 5.92 Å². The fourth-order valence-corrected chi connectivity index (χ4v) is 4.32. The number of benzene rings is 2. The summed E-state index contributed by atoms with van der Waals surface area (Å²) in [4.78, 5) is 11.3. The first-order valence-corrected chi connectivity index (χ1v) is 8.97. The lowest BCUT2D eigenvalue weighted by Gasteiger charge is -2.38. The zero-order valence-corrected chi connectivity index (χ0v) is 15.0. The molecule has 0 spiro atoms. The van der Waals surface area contributed by atoms with E-state index in [-0.39, 0.29) is 17.5 Å². The van der Waals surface area contributed by atoms with Gasteiger partial charge in [0.05, 0.1) is 22.3 Å². The molecule has 0 bridgehead atoms. The number of rotatable bonds is 2. The second-order valence-electron chi connectivity index (χ2n) is 6.25. The average molecular weight is 405 g/mol. The summed E-state index contributed by atoms with van der Waals surface area (Å²) in [5, 5.41) is 13.3. The van der Waals surface area contributed by atoms with Gasteiger partial charge < -0.3 is 10.4 Å². The summed E-state index contributed by atoms with van der Waals surface area (Å²) in [6.45, 7) is 0. The molecule has 2 aromatic rings. The van der Waals surface area contributed by atoms with Gasteiger partial charge in [0, 0.05) is 10.4 Å². The van der Waals surface area contributed by atoms with Crippen LogP contribution in [0.5, 0.6) is 0 Å². The molecule has 2 aromatic carbocycles. The predicted molar refractivity (Wildman–Crippen MR) is 98.9 cm³/mol. The van der Waals surface area contributed by atoms with Crippen molar-refractivity contribution in [3.8, 4) is 0 Å². The van der Waals surface area contributed by atoms with E-state index in [9.17, 15) is 9.90 Å². The lowest BCUT2D eigenvalue weighted by Crippen LogP contribution is -2.29. The predicted octanol–water partition coefficient (Wildman–Crippen LogP) is 5.63. The van der Waals surface area contributed by atoms with Crippen LogP contribution in [0, 0.1) is 5.92 Å². The maximum atomic E-state index is 11.3. The first kappa shape index (κ1) is 15.7. The number of allylic oxidation sites excluding steroid dienone is 2. The van der Waals surface area contributed by atoms with Crippen LogP contribution in [0.1, 0.15) is 39.9 Å². The van der Waals surface area contributed by atoms with Crippen LogP contribution in [0.25, 0.3) is 0 Å². The molecular formula is C19H15BrClNO2. The van der Waals surface area contributed by atoms with E-state index in [1.165, 1.54) is 11.6 Å². The van der Waals surface area contributed by atoms with Crippen LogP contribution in [0.2, 0.25) is 5.02 Å². The summed E-state index contributed by atoms with van der Waals surface area (Å²) in [6.07, 6.45) is 5.32. The van der Waals surface area contributed by atoms with Gasteiger partial charge in [-0.25, -0.2) is 4.79 Å². The molecule has 1 aliphatic carbocycles. The molecule has 1 heterocycles. The third-order valence-corrected chi connectivity index (χ3v) is 5.72. The maximum absolute atomic E-state index is 11.3. The molecule has 0 unspecified atom stereocenters. The van der Waals surface area contributed by atoms with Crippen LogP contribution in [-0.2, 0) is 0 Å². The highest BCUT2D eigenvalue weighted by atomic mass is 79.9. The minimum absolute atomic E-state index is 0.152. The highest BCUT2D eigenvalue weighted by Crippen LogP contribution is 2.51. The van der Waals surface area contributed by atoms with E-state index >= 15 is 0 Å². The molecule has 0 radical (unpaired) electrons. The Labute approximate surface area is 153 Å². The van der Waals surface area contributed by atoms with Gasteiger partial charge in [-0.2, -0.15) is 0 Å². The number of carboxylic acid groups (broad SMARTS) is 1. The average Bonchev–Trinajstić information content (AvgIpc) is 3.05. The molecule has 5 heteroatoms. The molecule has 3 atom stereocenters. The van der Waals surface area contributed by atoms with Crippen molar-refractivity contribution >= 4 is 39.2 Å². The SMILES string of the molecule is O=C(O)c1cc(Cl)c2c(c1)[C@H]1C=CC[C@@H]1[C@H](c1ccc(Br)cc1)N2. The Balaban J connectivity index is 1.82. The highest BCUT2D eigenvalue weighted by molar-refractivity contribution is 9.10. The van der Waals surface area contributed by atoms with Gasteiger partial charge in [-0.05, 0) is 47.7 Å². The van der Waals surface area contributed by atoms with Crippen molar-refractivity contribution in [1.82, 2.24) is 0 Å². The largest absolute Gasteiger partial charge is 0.478 e. The molecule has 122 valence electrons. The molecule has 0 fully saturated rings. The van der Waals surface area contributed by atoms with Gasteiger partial charge in [0.1, 0.15) is 0 Å². The third kappa shape index (κ3) is 2.54. The van der Waals surface area contributed by atoms with Gasteiger partial charge in [-0.15, -0.1) is 0 Å². The first-order chi connectivity index (χ1) is 11.5. The molecule has 4 rings (SSSR count). The summed E-state index contributed by atoms with van der Waals surface area (Å²) >= 11 is 9.88. The molecular weight excluding hydrogens is 390 g/mol. The first-order valence-electron chi connectivity index (χ1n) is 7.80. The quantitative estimate of drug-likeness (QED) is 0.638. The van der Waals surface area contributed by atoms with Crippen molar-refractivity contribution in [2.75, 3.05) is 5.32 Å². The normalized spacial score (nSPS) is 24.2. The van der Waals surface area contributed by atoms with E-state index in [0.29, 0.717) is 10.9 Å². The van der Waals surface area contributed by atoms with Gasteiger partial charge in [-0.1, -0.05) is 51.8 Å². The number of carbonyl (C=O) groups is 1. The van der Waals surface area contributed by atoms with Crippen molar-refractivity contribution < 1.29 is 9.90 Å². The molecule has 24 heavy (non-hydrogen) atoms. The number of anilines is 1. The van der Waals surface area contributed by atoms with E-state index < -0.39 is 5.97 Å². The smallest absolute Gasteiger partial charge is 0.335 e. The van der Waals surface area contributed by atoms with Crippen molar-refractivity contribution in [3.63, 3.8) is 0 Å². The fraction of sp³-hybridized carbons (Fsp3) is 0.211. The van der Waals surface area contributed by atoms with E-state index in [1.807, 2.05) is 12.1 Å². The van der Waals surface area contributed by atoms with Crippen molar-refractivity contribution in [1.29, 1.82) is 0 Å². The number of fused-ring (bicyclic) bond motifs is 3. The number of halogens is 2. The van der Waals surface area contributed by atoms with Crippen LogP contribution in [0.3, 0.4) is 0 Å². The van der Waals surface area contributed by atoms with Gasteiger partial charge in [0.25, 0.3) is 0 Å². The van der Waals surface area contributed by atoms with Gasteiger partial charge in [-0.3, -0.25) is 0 Å². The molecule has 0 amide bonds. The van der Waals surface area contributed by atoms with Gasteiger partial charge >= 0.3 is 5.97 Å². The standard InChI is InChI=1S/C19H15BrClNO2/c20-12-6-4-10(5-7-12)17-14-3-1-2-13(14)15-8-11(19(23)24)9-16(21)18(15)22-17/h1-2,4-9,13-14,17,22H,3H2,(H,23,24)/t13-,14-,17-/m0/s1. The van der Waals surface area contributed by atoms with E-state index in [0.717, 1.165) is 22.1 Å². The molecule has 0 saturated heterocycles. The monoisotopic (exact) mass is 403 g/mol. The Morgan fingerprint density at radius 1 is 1.25 bits per heavy atom. The summed E-state index contributed by atoms with van der Waals surface area (Å²) in [5.74, 6) is -0.404. The second-order valence-corrected chi connectivity index (χ2v) is 7.58. The topological polar surface area (TPSA) is 49.3 Å². The highest BCUT2D eigenvalue weighted by Gasteiger charge is 2.39. The van der Waals surface area contributed by atoms with Crippen LogP contribution < -0.4 is 5.32 Å². The Morgan fingerprint density at radius 3 is 2.71 bits per heavy atom. The summed E-state index contributed by atoms with van der Waals surface area (Å²) < 4.78 is 1.05. The van der Waals surface area contributed by atoms with Crippen molar-refractivity contribution in [2.45, 2.75) is 18.4 Å². The summed E-state index contributed by atoms with van der Waals surface area (Å²) in [7, 11) is 0. The number of aromatic carboxylic acids is 1. The summed E-state index contributed by atoms with van der Waals surface area (Å²) in [5.41, 5.74) is 3.28. The lowest BCUT2D eigenvalue weighted by atomic mass is 9.76. The number of nitrogens with one attached hydrogen (secondary N) is 1. The zero-order valence-electron chi connectivity index (χ0n) is 12.7. The zero-order chi connectivity index (χ0) is 16.8. The molecule has 3 nitrogen and oxygen atoms in total. The fourth-order valence-electron chi connectivity index (χ4n) is 3.78. The molecule has 2 aliphatic rings. The Morgan fingerprint density at radius 2 is 2.00 bits per heavy atom. The van der Waals surface area contributed by atoms with Crippen LogP contribution >= 0.6 is 27.5 Å². The van der Waals surface area contributed by atoms with E-state index in [1.54, 1.807) is 6.07 Å². The molecule has 1 aliphatic heterocycles. The number of hydrogen-bond donors (Lipinski definition) is 2. The number of hydrogen-bond acceptors (Lipinski definition) is 2. The van der Waals surface area contributed by atoms with Crippen LogP contribution in [-0.4, -0.2) is 11.1 Å². The van der Waals surface area contributed by atoms with E-state index in [2.05, 4.69) is 45.5 Å². The Kier molecular flexibility index (Phi) is 3.89. The van der Waals surface area contributed by atoms with Crippen LogP contribution in [0.15, 0.2) is 53.0 Å². The number of carboxylic acids is 1. The minimum atomic E-state index is -0.951. The molecule has 0 aromatic heterocycles. The minimum Gasteiger partial charge on any atom is -0.478 e. The van der Waals surface area contributed by atoms with Crippen LogP contribution in [0.4, 0.5) is 5.69 Å². The van der Waals surface area contributed by atoms with Crippen molar-refractivity contribution in [3.05, 3.63) is 74.7 Å². The second kappa shape index (κ2) is 5.94. The summed E-state index contributed by atoms with van der Waals surface area (Å²) in [6, 6.07) is 11.7. The Bertz CT molecular complexity index is 847. The third-order valence-electron chi connectivity index (χ3n) is 4.90.